The summed E-state index contributed by atoms with van der Waals surface area (Å²) in [5.41, 5.74) is 1.45. The van der Waals surface area contributed by atoms with Crippen LogP contribution in [0.1, 0.15) is 25.0 Å². The molecule has 4 nitrogen and oxygen atoms in total. The molecule has 2 heterocycles. The number of aliphatic hydroxyl groups excluding tert-OH is 1. The van der Waals surface area contributed by atoms with Crippen LogP contribution in [0.5, 0.6) is 0 Å². The fourth-order valence-electron chi connectivity index (χ4n) is 3.67. The number of aliphatic hydroxyl groups is 1. The van der Waals surface area contributed by atoms with E-state index in [9.17, 15) is 5.11 Å². The van der Waals surface area contributed by atoms with Crippen molar-refractivity contribution in [2.24, 2.45) is 5.41 Å². The molecule has 0 radical (unpaired) electrons. The molecular weight excluding hydrogens is 270 g/mol. The molecule has 96 valence electrons. The molecule has 3 aliphatic carbocycles. The van der Waals surface area contributed by atoms with Gasteiger partial charge in [-0.3, -0.25) is 0 Å². The van der Waals surface area contributed by atoms with E-state index in [4.69, 9.17) is 11.6 Å². The van der Waals surface area contributed by atoms with E-state index in [1.54, 1.807) is 11.8 Å². The van der Waals surface area contributed by atoms with Gasteiger partial charge in [0.2, 0.25) is 5.28 Å². The number of hydrogen-bond acceptors (Lipinski definition) is 5. The van der Waals surface area contributed by atoms with Crippen molar-refractivity contribution < 1.29 is 5.11 Å². The van der Waals surface area contributed by atoms with Crippen molar-refractivity contribution in [1.29, 1.82) is 0 Å². The van der Waals surface area contributed by atoms with Gasteiger partial charge in [0.1, 0.15) is 5.82 Å². The Morgan fingerprint density at radius 2 is 2.11 bits per heavy atom. The highest BCUT2D eigenvalue weighted by atomic mass is 35.5. The lowest BCUT2D eigenvalue weighted by Crippen LogP contribution is -2.72. The van der Waals surface area contributed by atoms with Crippen molar-refractivity contribution in [3.05, 3.63) is 11.0 Å². The normalized spacial score (nSPS) is 35.7. The van der Waals surface area contributed by atoms with Gasteiger partial charge >= 0.3 is 0 Å². The highest BCUT2D eigenvalue weighted by molar-refractivity contribution is 7.99. The molecule has 6 heteroatoms. The molecular formula is C12H14ClN3OS. The fraction of sp³-hybridized carbons (Fsp3) is 0.667. The van der Waals surface area contributed by atoms with Crippen LogP contribution >= 0.6 is 23.4 Å². The summed E-state index contributed by atoms with van der Waals surface area (Å²) < 4.78 is 0. The van der Waals surface area contributed by atoms with Crippen molar-refractivity contribution in [3.8, 4) is 0 Å². The first-order valence-corrected chi connectivity index (χ1v) is 7.58. The Hall–Kier alpha value is -0.520. The monoisotopic (exact) mass is 283 g/mol. The molecule has 1 aliphatic heterocycles. The van der Waals surface area contributed by atoms with Crippen LogP contribution in [0, 0.1) is 5.41 Å². The topological polar surface area (TPSA) is 58.0 Å². The third-order valence-corrected chi connectivity index (χ3v) is 5.65. The minimum Gasteiger partial charge on any atom is -0.396 e. The van der Waals surface area contributed by atoms with Crippen molar-refractivity contribution in [2.75, 3.05) is 17.7 Å². The van der Waals surface area contributed by atoms with E-state index in [-0.39, 0.29) is 11.0 Å². The van der Waals surface area contributed by atoms with Crippen LogP contribution in [0.4, 0.5) is 5.82 Å². The predicted molar refractivity (Wildman–Crippen MR) is 71.2 cm³/mol. The highest BCUT2D eigenvalue weighted by Crippen LogP contribution is 2.68. The van der Waals surface area contributed by atoms with Gasteiger partial charge in [-0.05, 0) is 30.9 Å². The zero-order valence-electron chi connectivity index (χ0n) is 9.87. The maximum absolute atomic E-state index is 9.28. The average molecular weight is 284 g/mol. The zero-order chi connectivity index (χ0) is 12.4. The van der Waals surface area contributed by atoms with Gasteiger partial charge in [-0.1, -0.05) is 0 Å². The number of rotatable bonds is 3. The van der Waals surface area contributed by atoms with Gasteiger partial charge in [-0.25, -0.2) is 4.98 Å². The lowest BCUT2D eigenvalue weighted by molar-refractivity contribution is -0.146. The summed E-state index contributed by atoms with van der Waals surface area (Å²) in [6.45, 7) is 0.313. The molecule has 2 N–H and O–H groups in total. The third kappa shape index (κ3) is 1.44. The Balaban J connectivity index is 1.60. The molecule has 3 fully saturated rings. The molecule has 0 unspecified atom stereocenters. The van der Waals surface area contributed by atoms with Crippen LogP contribution in [-0.2, 0) is 6.42 Å². The van der Waals surface area contributed by atoms with E-state index in [1.807, 2.05) is 0 Å². The van der Waals surface area contributed by atoms with E-state index < -0.39 is 0 Å². The quantitative estimate of drug-likeness (QED) is 0.832. The minimum atomic E-state index is 0.164. The Labute approximate surface area is 115 Å². The third-order valence-electron chi connectivity index (χ3n) is 4.35. The second kappa shape index (κ2) is 3.52. The Morgan fingerprint density at radius 3 is 2.83 bits per heavy atom. The van der Waals surface area contributed by atoms with Gasteiger partial charge in [0.15, 0.2) is 0 Å². The molecule has 1 aromatic heterocycles. The van der Waals surface area contributed by atoms with Crippen LogP contribution in [0.3, 0.4) is 0 Å². The Bertz CT molecular complexity index is 517. The average Bonchev–Trinajstić information content (AvgIpc) is 2.68. The lowest BCUT2D eigenvalue weighted by atomic mass is 9.39. The first-order chi connectivity index (χ1) is 8.64. The molecule has 4 aliphatic rings. The number of nitrogens with one attached hydrogen (secondary N) is 1. The number of halogens is 1. The summed E-state index contributed by atoms with van der Waals surface area (Å²) in [5, 5.41) is 13.2. The summed E-state index contributed by atoms with van der Waals surface area (Å²) >= 11 is 7.78. The van der Waals surface area contributed by atoms with Gasteiger partial charge in [0.25, 0.3) is 0 Å². The largest absolute Gasteiger partial charge is 0.396 e. The maximum atomic E-state index is 9.28. The zero-order valence-corrected chi connectivity index (χ0v) is 11.4. The van der Waals surface area contributed by atoms with Gasteiger partial charge < -0.3 is 10.4 Å². The van der Waals surface area contributed by atoms with E-state index in [0.29, 0.717) is 11.9 Å². The standard InChI is InChI=1S/C12H14ClN3OS/c13-10-14-7-1-2-18-8(7)9(15-10)16-12-3-11(4-12,5-12)6-17/h17H,1-6H2,(H,14,15,16). The van der Waals surface area contributed by atoms with Crippen LogP contribution in [-0.4, -0.2) is 33.0 Å². The molecule has 5 rings (SSSR count). The smallest absolute Gasteiger partial charge is 0.224 e. The van der Waals surface area contributed by atoms with Crippen molar-refractivity contribution in [1.82, 2.24) is 9.97 Å². The summed E-state index contributed by atoms with van der Waals surface area (Å²) in [5.74, 6) is 1.96. The SMILES string of the molecule is OCC12CC(Nc3nc(Cl)nc4c3SCC4)(C1)C2. The number of aromatic nitrogens is 2. The molecule has 0 spiro atoms. The second-order valence-electron chi connectivity index (χ2n) is 5.81. The summed E-state index contributed by atoms with van der Waals surface area (Å²) in [7, 11) is 0. The minimum absolute atomic E-state index is 0.164. The molecule has 0 amide bonds. The highest BCUT2D eigenvalue weighted by Gasteiger charge is 2.67. The van der Waals surface area contributed by atoms with Crippen LogP contribution in [0.2, 0.25) is 5.28 Å². The second-order valence-corrected chi connectivity index (χ2v) is 7.25. The molecule has 0 atom stereocenters. The molecule has 3 saturated carbocycles. The van der Waals surface area contributed by atoms with E-state index in [0.717, 1.165) is 42.9 Å². The van der Waals surface area contributed by atoms with Crippen molar-refractivity contribution in [2.45, 2.75) is 36.1 Å². The molecule has 0 aromatic carbocycles. The van der Waals surface area contributed by atoms with E-state index in [1.165, 1.54) is 4.90 Å². The molecule has 2 bridgehead atoms. The molecule has 18 heavy (non-hydrogen) atoms. The van der Waals surface area contributed by atoms with Gasteiger partial charge in [-0.2, -0.15) is 4.98 Å². The van der Waals surface area contributed by atoms with Crippen LogP contribution in [0.15, 0.2) is 4.90 Å². The first kappa shape index (κ1) is 11.3. The number of fused-ring (bicyclic) bond motifs is 1. The number of nitrogens with zero attached hydrogens (tertiary/aromatic N) is 2. The summed E-state index contributed by atoms with van der Waals surface area (Å²) in [6, 6.07) is 0. The number of thioether (sulfide) groups is 1. The lowest BCUT2D eigenvalue weighted by Gasteiger charge is -2.70. The molecule has 1 aromatic rings. The maximum Gasteiger partial charge on any atom is 0.224 e. The fourth-order valence-corrected chi connectivity index (χ4v) is 4.91. The Kier molecular flexibility index (Phi) is 2.22. The predicted octanol–water partition coefficient (Wildman–Crippen LogP) is 2.11. The van der Waals surface area contributed by atoms with Crippen molar-refractivity contribution in [3.63, 3.8) is 0 Å². The first-order valence-electron chi connectivity index (χ1n) is 6.22. The molecule has 0 saturated heterocycles. The summed E-state index contributed by atoms with van der Waals surface area (Å²) in [6.07, 6.45) is 4.14. The van der Waals surface area contributed by atoms with Gasteiger partial charge in [-0.15, -0.1) is 11.8 Å². The van der Waals surface area contributed by atoms with Crippen LogP contribution < -0.4 is 5.32 Å². The van der Waals surface area contributed by atoms with E-state index >= 15 is 0 Å². The number of hydrogen-bond donors (Lipinski definition) is 2. The van der Waals surface area contributed by atoms with Crippen molar-refractivity contribution >= 4 is 29.2 Å². The van der Waals surface area contributed by atoms with Gasteiger partial charge in [0.05, 0.1) is 10.6 Å². The van der Waals surface area contributed by atoms with Crippen LogP contribution in [0.25, 0.3) is 0 Å². The van der Waals surface area contributed by atoms with Gasteiger partial charge in [0, 0.05) is 29.7 Å². The number of anilines is 1. The van der Waals surface area contributed by atoms with E-state index in [2.05, 4.69) is 15.3 Å². The summed E-state index contributed by atoms with van der Waals surface area (Å²) in [4.78, 5) is 9.80. The Morgan fingerprint density at radius 1 is 1.33 bits per heavy atom. The number of aryl methyl sites for hydroxylation is 1.